The summed E-state index contributed by atoms with van der Waals surface area (Å²) in [5.74, 6) is 0.934. The molecule has 1 saturated carbocycles. The van der Waals surface area contributed by atoms with E-state index < -0.39 is 10.0 Å². The fourth-order valence-electron chi connectivity index (χ4n) is 5.64. The zero-order valence-electron chi connectivity index (χ0n) is 21.0. The molecule has 4 aromatic rings. The number of likely N-dealkylation sites (tertiary alicyclic amines) is 1. The zero-order valence-corrected chi connectivity index (χ0v) is 23.3. The number of aromatic nitrogens is 3. The maximum Gasteiger partial charge on any atom is 0.269 e. The van der Waals surface area contributed by atoms with Crippen molar-refractivity contribution in [3.8, 4) is 0 Å². The van der Waals surface area contributed by atoms with Gasteiger partial charge in [0, 0.05) is 34.5 Å². The van der Waals surface area contributed by atoms with Gasteiger partial charge < -0.3 is 15.5 Å². The zero-order chi connectivity index (χ0) is 27.3. The number of hydrogen-bond donors (Lipinski definition) is 2. The van der Waals surface area contributed by atoms with E-state index in [1.54, 1.807) is 48.5 Å². The summed E-state index contributed by atoms with van der Waals surface area (Å²) in [4.78, 5) is 23.9. The first-order chi connectivity index (χ1) is 18.7. The Bertz CT molecular complexity index is 1650. The molecule has 0 radical (unpaired) electrons. The largest absolute Gasteiger partial charge is 0.376 e. The minimum Gasteiger partial charge on any atom is -0.376 e. The smallest absolute Gasteiger partial charge is 0.269 e. The minimum atomic E-state index is -3.82. The van der Waals surface area contributed by atoms with Gasteiger partial charge in [-0.15, -0.1) is 0 Å². The van der Waals surface area contributed by atoms with Crippen LogP contribution in [0.4, 0.5) is 11.5 Å². The molecule has 2 bridgehead atoms. The van der Waals surface area contributed by atoms with E-state index in [0.29, 0.717) is 45.0 Å². The van der Waals surface area contributed by atoms with Crippen LogP contribution in [0.3, 0.4) is 0 Å². The van der Waals surface area contributed by atoms with E-state index in [4.69, 9.17) is 23.2 Å². The molecule has 202 valence electrons. The van der Waals surface area contributed by atoms with Crippen LogP contribution in [0.15, 0.2) is 66.0 Å². The van der Waals surface area contributed by atoms with Gasteiger partial charge in [0.25, 0.3) is 10.0 Å². The van der Waals surface area contributed by atoms with Crippen LogP contribution in [-0.4, -0.2) is 58.3 Å². The Balaban J connectivity index is 1.19. The fraction of sp³-hybridized carbons (Fsp3) is 0.296. The van der Waals surface area contributed by atoms with Crippen LogP contribution >= 0.6 is 23.2 Å². The van der Waals surface area contributed by atoms with E-state index in [-0.39, 0.29) is 29.4 Å². The summed E-state index contributed by atoms with van der Waals surface area (Å²) in [5.41, 5.74) is 1.96. The van der Waals surface area contributed by atoms with Gasteiger partial charge in [0.05, 0.1) is 22.9 Å². The highest BCUT2D eigenvalue weighted by Crippen LogP contribution is 2.40. The lowest BCUT2D eigenvalue weighted by molar-refractivity contribution is -0.131. The Labute approximate surface area is 236 Å². The van der Waals surface area contributed by atoms with Gasteiger partial charge in [-0.25, -0.2) is 22.4 Å². The third-order valence-electron chi connectivity index (χ3n) is 7.46. The minimum absolute atomic E-state index is 0.00623. The Morgan fingerprint density at radius 3 is 2.51 bits per heavy atom. The first-order valence-electron chi connectivity index (χ1n) is 12.6. The monoisotopic (exact) mass is 584 g/mol. The van der Waals surface area contributed by atoms with E-state index in [2.05, 4.69) is 20.6 Å². The standard InChI is InChI=1S/C27H26Cl2N6O3S/c1-16-2-4-21(5-3-16)39(37,38)35-7-6-22-26(31-15-32-27(22)35)33-23-8-17-9-24(23)34(14-17)25(36)13-30-20-11-18(28)10-19(29)12-20/h2-7,10-12,15,17,23-24,30H,8-9,13-14H2,1H3,(H,31,32,33). The van der Waals surface area contributed by atoms with Crippen LogP contribution in [0.1, 0.15) is 18.4 Å². The van der Waals surface area contributed by atoms with Gasteiger partial charge in [0.1, 0.15) is 12.1 Å². The van der Waals surface area contributed by atoms with Crippen LogP contribution in [0.5, 0.6) is 0 Å². The van der Waals surface area contributed by atoms with E-state index in [1.807, 2.05) is 11.8 Å². The number of piperidine rings is 1. The lowest BCUT2D eigenvalue weighted by atomic mass is 10.1. The van der Waals surface area contributed by atoms with E-state index in [0.717, 1.165) is 18.4 Å². The summed E-state index contributed by atoms with van der Waals surface area (Å²) in [6.45, 7) is 2.75. The molecule has 1 aliphatic carbocycles. The van der Waals surface area contributed by atoms with Gasteiger partial charge in [0.15, 0.2) is 5.65 Å². The third-order valence-corrected chi connectivity index (χ3v) is 9.57. The van der Waals surface area contributed by atoms with E-state index in [1.165, 1.54) is 16.5 Å². The molecule has 2 fully saturated rings. The number of carbonyl (C=O) groups excluding carboxylic acids is 1. The predicted molar refractivity (Wildman–Crippen MR) is 152 cm³/mol. The third kappa shape index (κ3) is 4.92. The molecule has 9 nitrogen and oxygen atoms in total. The second kappa shape index (κ2) is 10.0. The predicted octanol–water partition coefficient (Wildman–Crippen LogP) is 4.80. The molecule has 1 amide bonds. The summed E-state index contributed by atoms with van der Waals surface area (Å²) in [6.07, 6.45) is 4.68. The SMILES string of the molecule is Cc1ccc(S(=O)(=O)n2ccc3c(NC4CC5CC4N(C(=O)CNc4cc(Cl)cc(Cl)c4)C5)ncnc32)cc1. The van der Waals surface area contributed by atoms with Gasteiger partial charge in [-0.1, -0.05) is 40.9 Å². The number of amides is 1. The first kappa shape index (κ1) is 25.9. The quantitative estimate of drug-likeness (QED) is 0.321. The molecule has 3 heterocycles. The molecule has 0 spiro atoms. The number of halogens is 2. The van der Waals surface area contributed by atoms with Crippen molar-refractivity contribution in [3.05, 3.63) is 76.7 Å². The normalized spacial score (nSPS) is 20.5. The molecule has 2 aromatic carbocycles. The van der Waals surface area contributed by atoms with E-state index >= 15 is 0 Å². The average Bonchev–Trinajstić information content (AvgIpc) is 3.62. The Morgan fingerprint density at radius 2 is 1.79 bits per heavy atom. The van der Waals surface area contributed by atoms with Crippen LogP contribution in [-0.2, 0) is 14.8 Å². The summed E-state index contributed by atoms with van der Waals surface area (Å²) in [5, 5.41) is 8.22. The molecule has 3 unspecified atom stereocenters. The summed E-state index contributed by atoms with van der Waals surface area (Å²) in [7, 11) is -3.82. The van der Waals surface area contributed by atoms with Crippen molar-refractivity contribution in [3.63, 3.8) is 0 Å². The van der Waals surface area contributed by atoms with Crippen LogP contribution in [0.25, 0.3) is 11.0 Å². The molecule has 1 saturated heterocycles. The number of fused-ring (bicyclic) bond motifs is 3. The lowest BCUT2D eigenvalue weighted by Gasteiger charge is -2.34. The van der Waals surface area contributed by atoms with Crippen molar-refractivity contribution >= 4 is 61.7 Å². The number of anilines is 2. The van der Waals surface area contributed by atoms with Crippen molar-refractivity contribution in [1.29, 1.82) is 0 Å². The van der Waals surface area contributed by atoms with Crippen molar-refractivity contribution in [2.75, 3.05) is 23.7 Å². The first-order valence-corrected chi connectivity index (χ1v) is 14.8. The Hall–Kier alpha value is -3.34. The summed E-state index contributed by atoms with van der Waals surface area (Å²) >= 11 is 12.1. The summed E-state index contributed by atoms with van der Waals surface area (Å²) < 4.78 is 27.8. The van der Waals surface area contributed by atoms with Crippen LogP contribution in [0.2, 0.25) is 10.0 Å². The number of nitrogens with one attached hydrogen (secondary N) is 2. The maximum absolute atomic E-state index is 13.3. The molecule has 3 atom stereocenters. The molecule has 2 aromatic heterocycles. The molecule has 39 heavy (non-hydrogen) atoms. The van der Waals surface area contributed by atoms with Gasteiger partial charge in [-0.2, -0.15) is 0 Å². The number of benzene rings is 2. The maximum atomic E-state index is 13.3. The molecular weight excluding hydrogens is 559 g/mol. The highest BCUT2D eigenvalue weighted by Gasteiger charge is 2.47. The van der Waals surface area contributed by atoms with Crippen molar-refractivity contribution < 1.29 is 13.2 Å². The Kier molecular flexibility index (Phi) is 6.65. The lowest BCUT2D eigenvalue weighted by Crippen LogP contribution is -2.49. The highest BCUT2D eigenvalue weighted by atomic mass is 35.5. The second-order valence-electron chi connectivity index (χ2n) is 10.1. The molecule has 12 heteroatoms. The number of hydrogen-bond acceptors (Lipinski definition) is 7. The van der Waals surface area contributed by atoms with Gasteiger partial charge >= 0.3 is 0 Å². The van der Waals surface area contributed by atoms with Crippen molar-refractivity contribution in [1.82, 2.24) is 18.8 Å². The fourth-order valence-corrected chi connectivity index (χ4v) is 7.47. The van der Waals surface area contributed by atoms with Crippen LogP contribution < -0.4 is 10.6 Å². The molecular formula is C27H26Cl2N6O3S. The van der Waals surface area contributed by atoms with Gasteiger partial charge in [-0.3, -0.25) is 4.79 Å². The number of nitrogens with zero attached hydrogens (tertiary/aromatic N) is 4. The van der Waals surface area contributed by atoms with Crippen LogP contribution in [0, 0.1) is 12.8 Å². The number of carbonyl (C=O) groups is 1. The average molecular weight is 586 g/mol. The van der Waals surface area contributed by atoms with E-state index in [9.17, 15) is 13.2 Å². The molecule has 2 aliphatic rings. The van der Waals surface area contributed by atoms with Crippen molar-refractivity contribution in [2.24, 2.45) is 5.92 Å². The second-order valence-corrected chi connectivity index (χ2v) is 12.8. The Morgan fingerprint density at radius 1 is 1.05 bits per heavy atom. The van der Waals surface area contributed by atoms with Gasteiger partial charge in [-0.05, 0) is 62.1 Å². The molecule has 6 rings (SSSR count). The van der Waals surface area contributed by atoms with Gasteiger partial charge in [0.2, 0.25) is 5.91 Å². The number of rotatable bonds is 7. The highest BCUT2D eigenvalue weighted by molar-refractivity contribution is 7.90. The topological polar surface area (TPSA) is 109 Å². The molecule has 1 aliphatic heterocycles. The van der Waals surface area contributed by atoms with Crippen molar-refractivity contribution in [2.45, 2.75) is 36.7 Å². The summed E-state index contributed by atoms with van der Waals surface area (Å²) in [6, 6.07) is 13.5. The molecule has 2 N–H and O–H groups in total. The number of aryl methyl sites for hydroxylation is 1.